The second-order valence-electron chi connectivity index (χ2n) is 7.31. The van der Waals surface area contributed by atoms with E-state index in [2.05, 4.69) is 66.4 Å². The molecule has 0 bridgehead atoms. The molecule has 2 aromatic rings. The monoisotopic (exact) mass is 355 g/mol. The molecule has 2 atom stereocenters. The number of hydrogen-bond acceptors (Lipinski definition) is 1. The quantitative estimate of drug-likeness (QED) is 0.523. The topological polar surface area (TPSA) is 3.24 Å². The highest BCUT2D eigenvalue weighted by Crippen LogP contribution is 2.37. The maximum atomic E-state index is 6.25. The first-order valence-corrected chi connectivity index (χ1v) is 10.2. The zero-order chi connectivity index (χ0) is 17.5. The Morgan fingerprint density at radius 1 is 0.960 bits per heavy atom. The molecule has 0 N–H and O–H groups in total. The molecule has 0 spiro atoms. The van der Waals surface area contributed by atoms with Crippen molar-refractivity contribution < 1.29 is 0 Å². The van der Waals surface area contributed by atoms with Crippen LogP contribution >= 0.6 is 11.6 Å². The molecule has 3 rings (SSSR count). The van der Waals surface area contributed by atoms with Gasteiger partial charge in [0.1, 0.15) is 0 Å². The fourth-order valence-corrected chi connectivity index (χ4v) is 4.22. The van der Waals surface area contributed by atoms with Crippen molar-refractivity contribution in [3.05, 3.63) is 71.3 Å². The van der Waals surface area contributed by atoms with Crippen molar-refractivity contribution in [2.45, 2.75) is 56.9 Å². The van der Waals surface area contributed by atoms with Gasteiger partial charge in [0, 0.05) is 11.9 Å². The Kier molecular flexibility index (Phi) is 6.95. The molecule has 0 amide bonds. The second kappa shape index (κ2) is 9.40. The lowest BCUT2D eigenvalue weighted by atomic mass is 9.96. The smallest absolute Gasteiger partial charge is 0.0342 e. The van der Waals surface area contributed by atoms with Crippen LogP contribution in [-0.4, -0.2) is 23.4 Å². The fourth-order valence-electron chi connectivity index (χ4n) is 3.88. The van der Waals surface area contributed by atoms with E-state index >= 15 is 0 Å². The molecular formula is C23H30ClN. The number of nitrogens with zero attached hydrogens (tertiary/aromatic N) is 1. The van der Waals surface area contributed by atoms with Crippen LogP contribution in [0, 0.1) is 0 Å². The summed E-state index contributed by atoms with van der Waals surface area (Å²) >= 11 is 6.25. The molecule has 0 heterocycles. The van der Waals surface area contributed by atoms with Crippen molar-refractivity contribution in [2.75, 3.05) is 13.1 Å². The van der Waals surface area contributed by atoms with Gasteiger partial charge in [-0.15, -0.1) is 11.6 Å². The molecule has 0 aromatic heterocycles. The highest BCUT2D eigenvalue weighted by atomic mass is 35.5. The van der Waals surface area contributed by atoms with Crippen molar-refractivity contribution in [1.29, 1.82) is 0 Å². The van der Waals surface area contributed by atoms with Crippen molar-refractivity contribution in [3.8, 4) is 0 Å². The van der Waals surface area contributed by atoms with Gasteiger partial charge in [0.05, 0.1) is 0 Å². The summed E-state index contributed by atoms with van der Waals surface area (Å²) in [7, 11) is 0. The number of benzene rings is 2. The number of aryl methyl sites for hydroxylation is 1. The molecule has 1 aliphatic rings. The van der Waals surface area contributed by atoms with E-state index in [1.165, 1.54) is 36.0 Å². The molecule has 1 fully saturated rings. The van der Waals surface area contributed by atoms with Crippen LogP contribution in [0.1, 0.15) is 55.2 Å². The van der Waals surface area contributed by atoms with Crippen molar-refractivity contribution in [2.24, 2.45) is 0 Å². The Morgan fingerprint density at radius 3 is 2.36 bits per heavy atom. The minimum Gasteiger partial charge on any atom is -0.299 e. The standard InChI is InChI=1S/C23H30ClN/c1-2-25(18-20-7-4-3-5-8-20)16-6-9-19-10-12-21(13-11-19)22-14-15-23(24)17-22/h3-5,7-8,10-13,22-23H,2,6,9,14-18H2,1H3. The molecule has 0 aliphatic heterocycles. The van der Waals surface area contributed by atoms with Crippen molar-refractivity contribution in [1.82, 2.24) is 4.90 Å². The Hall–Kier alpha value is -1.31. The third-order valence-corrected chi connectivity index (χ3v) is 5.85. The molecule has 1 nitrogen and oxygen atoms in total. The highest BCUT2D eigenvalue weighted by molar-refractivity contribution is 6.20. The summed E-state index contributed by atoms with van der Waals surface area (Å²) in [5.74, 6) is 0.679. The number of rotatable bonds is 8. The minimum absolute atomic E-state index is 0.384. The molecule has 2 heteroatoms. The van der Waals surface area contributed by atoms with Gasteiger partial charge in [0.2, 0.25) is 0 Å². The van der Waals surface area contributed by atoms with Gasteiger partial charge in [-0.2, -0.15) is 0 Å². The van der Waals surface area contributed by atoms with E-state index in [1.54, 1.807) is 0 Å². The lowest BCUT2D eigenvalue weighted by Crippen LogP contribution is -2.24. The molecule has 25 heavy (non-hydrogen) atoms. The van der Waals surface area contributed by atoms with Crippen LogP contribution in [0.4, 0.5) is 0 Å². The Balaban J connectivity index is 1.44. The average Bonchev–Trinajstić information content (AvgIpc) is 3.09. The summed E-state index contributed by atoms with van der Waals surface area (Å²) in [5.41, 5.74) is 4.34. The van der Waals surface area contributed by atoms with E-state index in [-0.39, 0.29) is 0 Å². The van der Waals surface area contributed by atoms with E-state index in [1.807, 2.05) is 0 Å². The largest absolute Gasteiger partial charge is 0.299 e. The summed E-state index contributed by atoms with van der Waals surface area (Å²) < 4.78 is 0. The number of alkyl halides is 1. The SMILES string of the molecule is CCN(CCCc1ccc(C2CCC(Cl)C2)cc1)Cc1ccccc1. The molecule has 0 radical (unpaired) electrons. The maximum absolute atomic E-state index is 6.25. The third kappa shape index (κ3) is 5.59. The van der Waals surface area contributed by atoms with Crippen LogP contribution in [-0.2, 0) is 13.0 Å². The normalized spacial score (nSPS) is 20.3. The van der Waals surface area contributed by atoms with E-state index in [9.17, 15) is 0 Å². The first-order chi connectivity index (χ1) is 12.2. The van der Waals surface area contributed by atoms with Gasteiger partial charge in [0.15, 0.2) is 0 Å². The summed E-state index contributed by atoms with van der Waals surface area (Å²) in [5, 5.41) is 0.384. The summed E-state index contributed by atoms with van der Waals surface area (Å²) in [4.78, 5) is 2.53. The Morgan fingerprint density at radius 2 is 1.72 bits per heavy atom. The maximum Gasteiger partial charge on any atom is 0.0342 e. The summed E-state index contributed by atoms with van der Waals surface area (Å²) in [6, 6.07) is 20.1. The minimum atomic E-state index is 0.384. The van der Waals surface area contributed by atoms with Gasteiger partial charge in [-0.3, -0.25) is 4.90 Å². The van der Waals surface area contributed by atoms with Crippen LogP contribution in [0.2, 0.25) is 0 Å². The predicted octanol–water partition coefficient (Wildman–Crippen LogP) is 6.02. The van der Waals surface area contributed by atoms with Gasteiger partial charge in [0.25, 0.3) is 0 Å². The van der Waals surface area contributed by atoms with Gasteiger partial charge in [-0.25, -0.2) is 0 Å². The zero-order valence-electron chi connectivity index (χ0n) is 15.3. The van der Waals surface area contributed by atoms with Gasteiger partial charge in [-0.05, 0) is 67.8 Å². The van der Waals surface area contributed by atoms with Crippen LogP contribution in [0.3, 0.4) is 0 Å². The Bertz CT molecular complexity index is 622. The number of halogens is 1. The zero-order valence-corrected chi connectivity index (χ0v) is 16.1. The predicted molar refractivity (Wildman–Crippen MR) is 108 cm³/mol. The van der Waals surface area contributed by atoms with Crippen LogP contribution < -0.4 is 0 Å². The van der Waals surface area contributed by atoms with Crippen LogP contribution in [0.25, 0.3) is 0 Å². The molecule has 2 aromatic carbocycles. The van der Waals surface area contributed by atoms with Crippen LogP contribution in [0.5, 0.6) is 0 Å². The van der Waals surface area contributed by atoms with E-state index < -0.39 is 0 Å². The molecule has 0 saturated heterocycles. The van der Waals surface area contributed by atoms with Gasteiger partial charge >= 0.3 is 0 Å². The first-order valence-electron chi connectivity index (χ1n) is 9.73. The van der Waals surface area contributed by atoms with Crippen LogP contribution in [0.15, 0.2) is 54.6 Å². The molecule has 1 saturated carbocycles. The second-order valence-corrected chi connectivity index (χ2v) is 7.92. The van der Waals surface area contributed by atoms with E-state index in [0.29, 0.717) is 11.3 Å². The van der Waals surface area contributed by atoms with Crippen molar-refractivity contribution >= 4 is 11.6 Å². The fraction of sp³-hybridized carbons (Fsp3) is 0.478. The van der Waals surface area contributed by atoms with Crippen molar-refractivity contribution in [3.63, 3.8) is 0 Å². The summed E-state index contributed by atoms with van der Waals surface area (Å²) in [6.45, 7) is 5.57. The van der Waals surface area contributed by atoms with E-state index in [0.717, 1.165) is 32.5 Å². The Labute approximate surface area is 158 Å². The van der Waals surface area contributed by atoms with Gasteiger partial charge in [-0.1, -0.05) is 61.5 Å². The number of hydrogen-bond donors (Lipinski definition) is 0. The first kappa shape index (κ1) is 18.5. The van der Waals surface area contributed by atoms with E-state index in [4.69, 9.17) is 11.6 Å². The summed E-state index contributed by atoms with van der Waals surface area (Å²) in [6.07, 6.45) is 5.94. The lowest BCUT2D eigenvalue weighted by molar-refractivity contribution is 0.276. The molecule has 2 unspecified atom stereocenters. The molecule has 1 aliphatic carbocycles. The average molecular weight is 356 g/mol. The third-order valence-electron chi connectivity index (χ3n) is 5.46. The molecular weight excluding hydrogens is 326 g/mol. The highest BCUT2D eigenvalue weighted by Gasteiger charge is 2.23. The van der Waals surface area contributed by atoms with Gasteiger partial charge < -0.3 is 0 Å². The molecule has 134 valence electrons. The lowest BCUT2D eigenvalue weighted by Gasteiger charge is -2.20.